The molecular weight excluding hydrogens is 369 g/mol. The summed E-state index contributed by atoms with van der Waals surface area (Å²) in [6.45, 7) is 0.561. The monoisotopic (exact) mass is 395 g/mol. The predicted octanol–water partition coefficient (Wildman–Crippen LogP) is 4.40. The average molecular weight is 395 g/mol. The number of benzene rings is 2. The molecular formula is C23H26FN3O2. The SMILES string of the molecule is NC(=O)N1CCc2ccc(NC(=O)C3(Cc4cccc(F)c4)CCCCC3)cc21. The second-order valence-electron chi connectivity index (χ2n) is 8.19. The van der Waals surface area contributed by atoms with Crippen LogP contribution in [0.5, 0.6) is 0 Å². The highest BCUT2D eigenvalue weighted by Crippen LogP contribution is 2.41. The molecule has 2 aromatic carbocycles. The quantitative estimate of drug-likeness (QED) is 0.805. The van der Waals surface area contributed by atoms with E-state index in [1.54, 1.807) is 6.07 Å². The number of fused-ring (bicyclic) bond motifs is 1. The molecule has 29 heavy (non-hydrogen) atoms. The van der Waals surface area contributed by atoms with Crippen molar-refractivity contribution in [3.8, 4) is 0 Å². The molecule has 1 saturated carbocycles. The van der Waals surface area contributed by atoms with Crippen molar-refractivity contribution in [2.75, 3.05) is 16.8 Å². The maximum absolute atomic E-state index is 13.7. The largest absolute Gasteiger partial charge is 0.351 e. The summed E-state index contributed by atoms with van der Waals surface area (Å²) in [4.78, 5) is 26.6. The highest BCUT2D eigenvalue weighted by atomic mass is 19.1. The molecule has 0 aromatic heterocycles. The third-order valence-electron chi connectivity index (χ3n) is 6.23. The molecule has 1 heterocycles. The molecule has 0 bridgehead atoms. The summed E-state index contributed by atoms with van der Waals surface area (Å²) in [5.74, 6) is -0.316. The van der Waals surface area contributed by atoms with E-state index in [1.165, 1.54) is 17.0 Å². The first kappa shape index (κ1) is 19.4. The number of amides is 3. The smallest absolute Gasteiger partial charge is 0.319 e. The lowest BCUT2D eigenvalue weighted by Gasteiger charge is -2.36. The normalized spacial score (nSPS) is 17.6. The number of nitrogens with one attached hydrogen (secondary N) is 1. The first-order valence-corrected chi connectivity index (χ1v) is 10.2. The van der Waals surface area contributed by atoms with Gasteiger partial charge in [-0.3, -0.25) is 9.69 Å². The fraction of sp³-hybridized carbons (Fsp3) is 0.391. The minimum atomic E-state index is -0.547. The van der Waals surface area contributed by atoms with Gasteiger partial charge in [0.25, 0.3) is 0 Å². The molecule has 0 radical (unpaired) electrons. The lowest BCUT2D eigenvalue weighted by molar-refractivity contribution is -0.127. The van der Waals surface area contributed by atoms with Crippen LogP contribution in [0.25, 0.3) is 0 Å². The number of primary amides is 1. The molecule has 2 aromatic rings. The summed E-state index contributed by atoms with van der Waals surface area (Å²) in [7, 11) is 0. The first-order valence-electron chi connectivity index (χ1n) is 10.2. The fourth-order valence-corrected chi connectivity index (χ4v) is 4.70. The number of rotatable bonds is 4. The number of hydrogen-bond acceptors (Lipinski definition) is 2. The van der Waals surface area contributed by atoms with E-state index in [-0.39, 0.29) is 11.7 Å². The zero-order chi connectivity index (χ0) is 20.4. The summed E-state index contributed by atoms with van der Waals surface area (Å²) in [6, 6.07) is 11.7. The Balaban J connectivity index is 1.58. The summed E-state index contributed by atoms with van der Waals surface area (Å²) in [5, 5.41) is 3.07. The zero-order valence-electron chi connectivity index (χ0n) is 16.4. The van der Waals surface area contributed by atoms with E-state index in [2.05, 4.69) is 5.32 Å². The highest BCUT2D eigenvalue weighted by molar-refractivity contribution is 5.98. The molecule has 2 aliphatic rings. The Bertz CT molecular complexity index is 937. The molecule has 0 spiro atoms. The molecule has 3 amide bonds. The Morgan fingerprint density at radius 2 is 1.90 bits per heavy atom. The third-order valence-corrected chi connectivity index (χ3v) is 6.23. The van der Waals surface area contributed by atoms with Crippen molar-refractivity contribution in [2.24, 2.45) is 11.1 Å². The number of halogens is 1. The van der Waals surface area contributed by atoms with Crippen molar-refractivity contribution in [2.45, 2.75) is 44.9 Å². The van der Waals surface area contributed by atoms with Gasteiger partial charge in [0.2, 0.25) is 5.91 Å². The zero-order valence-corrected chi connectivity index (χ0v) is 16.4. The standard InChI is InChI=1S/C23H26FN3O2/c24-18-6-4-5-16(13-18)15-23(10-2-1-3-11-23)21(28)26-19-8-7-17-9-12-27(22(25)29)20(17)14-19/h4-8,13-14H,1-3,9-12,15H2,(H2,25,29)(H,26,28). The Kier molecular flexibility index (Phi) is 5.26. The first-order chi connectivity index (χ1) is 14.0. The number of carbonyl (C=O) groups is 2. The van der Waals surface area contributed by atoms with Gasteiger partial charge in [-0.05, 0) is 61.1 Å². The molecule has 152 valence electrons. The van der Waals surface area contributed by atoms with Gasteiger partial charge in [0, 0.05) is 12.2 Å². The van der Waals surface area contributed by atoms with Crippen molar-refractivity contribution >= 4 is 23.3 Å². The van der Waals surface area contributed by atoms with Gasteiger partial charge in [-0.1, -0.05) is 37.5 Å². The second kappa shape index (κ2) is 7.85. The molecule has 4 rings (SSSR count). The number of hydrogen-bond donors (Lipinski definition) is 2. The Labute approximate surface area is 170 Å². The third kappa shape index (κ3) is 3.97. The second-order valence-corrected chi connectivity index (χ2v) is 8.19. The molecule has 1 fully saturated rings. The topological polar surface area (TPSA) is 75.4 Å². The van der Waals surface area contributed by atoms with Crippen LogP contribution in [-0.4, -0.2) is 18.5 Å². The van der Waals surface area contributed by atoms with Gasteiger partial charge in [-0.15, -0.1) is 0 Å². The minimum absolute atomic E-state index is 0.0370. The Morgan fingerprint density at radius 1 is 1.10 bits per heavy atom. The van der Waals surface area contributed by atoms with Crippen LogP contribution >= 0.6 is 0 Å². The van der Waals surface area contributed by atoms with Crippen molar-refractivity contribution in [3.63, 3.8) is 0 Å². The van der Waals surface area contributed by atoms with Crippen LogP contribution in [0.1, 0.15) is 43.2 Å². The van der Waals surface area contributed by atoms with Crippen LogP contribution in [0.2, 0.25) is 0 Å². The fourth-order valence-electron chi connectivity index (χ4n) is 4.70. The Hall–Kier alpha value is -2.89. The van der Waals surface area contributed by atoms with E-state index in [0.29, 0.717) is 18.7 Å². The number of anilines is 2. The molecule has 0 saturated heterocycles. The van der Waals surface area contributed by atoms with Crippen molar-refractivity contribution in [1.82, 2.24) is 0 Å². The van der Waals surface area contributed by atoms with Crippen LogP contribution < -0.4 is 16.0 Å². The van der Waals surface area contributed by atoms with E-state index in [0.717, 1.165) is 55.3 Å². The van der Waals surface area contributed by atoms with Gasteiger partial charge in [-0.2, -0.15) is 0 Å². The van der Waals surface area contributed by atoms with Crippen LogP contribution in [-0.2, 0) is 17.6 Å². The van der Waals surface area contributed by atoms with Crippen LogP contribution in [0.4, 0.5) is 20.6 Å². The van der Waals surface area contributed by atoms with Gasteiger partial charge >= 0.3 is 6.03 Å². The highest BCUT2D eigenvalue weighted by Gasteiger charge is 2.39. The molecule has 0 atom stereocenters. The molecule has 6 heteroatoms. The van der Waals surface area contributed by atoms with E-state index in [1.807, 2.05) is 24.3 Å². The molecule has 1 aliphatic heterocycles. The van der Waals surface area contributed by atoms with E-state index in [9.17, 15) is 14.0 Å². The van der Waals surface area contributed by atoms with Crippen molar-refractivity contribution in [3.05, 3.63) is 59.4 Å². The lowest BCUT2D eigenvalue weighted by Crippen LogP contribution is -2.40. The number of carbonyl (C=O) groups excluding carboxylic acids is 2. The van der Waals surface area contributed by atoms with E-state index < -0.39 is 11.4 Å². The van der Waals surface area contributed by atoms with E-state index >= 15 is 0 Å². The molecule has 3 N–H and O–H groups in total. The van der Waals surface area contributed by atoms with Gasteiger partial charge in [0.1, 0.15) is 5.82 Å². The number of nitrogens with zero attached hydrogens (tertiary/aromatic N) is 1. The average Bonchev–Trinajstić information content (AvgIpc) is 3.12. The summed E-state index contributed by atoms with van der Waals surface area (Å²) in [5.41, 5.74) is 8.24. The number of nitrogens with two attached hydrogens (primary N) is 1. The van der Waals surface area contributed by atoms with Crippen LogP contribution in [0.3, 0.4) is 0 Å². The summed E-state index contributed by atoms with van der Waals surface area (Å²) < 4.78 is 13.7. The lowest BCUT2D eigenvalue weighted by atomic mass is 9.69. The van der Waals surface area contributed by atoms with Crippen LogP contribution in [0, 0.1) is 11.2 Å². The van der Waals surface area contributed by atoms with Crippen molar-refractivity contribution in [1.29, 1.82) is 0 Å². The van der Waals surface area contributed by atoms with Gasteiger partial charge in [-0.25, -0.2) is 9.18 Å². The molecule has 5 nitrogen and oxygen atoms in total. The van der Waals surface area contributed by atoms with Crippen LogP contribution in [0.15, 0.2) is 42.5 Å². The maximum atomic E-state index is 13.7. The van der Waals surface area contributed by atoms with Gasteiger partial charge in [0.05, 0.1) is 11.1 Å². The van der Waals surface area contributed by atoms with E-state index in [4.69, 9.17) is 5.73 Å². The summed E-state index contributed by atoms with van der Waals surface area (Å²) in [6.07, 6.45) is 5.95. The van der Waals surface area contributed by atoms with Gasteiger partial charge < -0.3 is 11.1 Å². The molecule has 1 aliphatic carbocycles. The van der Waals surface area contributed by atoms with Gasteiger partial charge in [0.15, 0.2) is 0 Å². The predicted molar refractivity (Wildman–Crippen MR) is 111 cm³/mol. The van der Waals surface area contributed by atoms with Crippen molar-refractivity contribution < 1.29 is 14.0 Å². The summed E-state index contributed by atoms with van der Waals surface area (Å²) >= 11 is 0. The maximum Gasteiger partial charge on any atom is 0.319 e. The minimum Gasteiger partial charge on any atom is -0.351 e. The number of urea groups is 1. The Morgan fingerprint density at radius 3 is 2.62 bits per heavy atom. The molecule has 0 unspecified atom stereocenters.